The molecule has 0 spiro atoms. The molecular formula is C17H22N8O2. The Labute approximate surface area is 155 Å². The summed E-state index contributed by atoms with van der Waals surface area (Å²) in [5.74, 6) is 0.306. The van der Waals surface area contributed by atoms with E-state index in [-0.39, 0.29) is 17.7 Å². The van der Waals surface area contributed by atoms with Crippen LogP contribution in [0.1, 0.15) is 60.0 Å². The number of tetrazole rings is 1. The third-order valence-electron chi connectivity index (χ3n) is 5.54. The molecule has 1 saturated carbocycles. The van der Waals surface area contributed by atoms with E-state index in [1.165, 1.54) is 0 Å². The van der Waals surface area contributed by atoms with Gasteiger partial charge >= 0.3 is 0 Å². The van der Waals surface area contributed by atoms with Crippen LogP contribution in [-0.2, 0) is 24.4 Å². The monoisotopic (exact) mass is 370 g/mol. The topological polar surface area (TPSA) is 111 Å². The summed E-state index contributed by atoms with van der Waals surface area (Å²) < 4.78 is 3.59. The summed E-state index contributed by atoms with van der Waals surface area (Å²) >= 11 is 0. The Hall–Kier alpha value is -2.78. The van der Waals surface area contributed by atoms with Crippen LogP contribution in [-0.4, -0.2) is 59.3 Å². The molecular weight excluding hydrogens is 348 g/mol. The molecule has 2 amide bonds. The molecule has 1 atom stereocenters. The Morgan fingerprint density at radius 1 is 1.07 bits per heavy atom. The molecule has 142 valence electrons. The average molecular weight is 370 g/mol. The highest BCUT2D eigenvalue weighted by molar-refractivity contribution is 5.92. The Morgan fingerprint density at radius 3 is 2.81 bits per heavy atom. The summed E-state index contributed by atoms with van der Waals surface area (Å²) in [6.45, 7) is 2.39. The van der Waals surface area contributed by atoms with Crippen LogP contribution < -0.4 is 5.32 Å². The van der Waals surface area contributed by atoms with Gasteiger partial charge in [-0.15, -0.1) is 5.10 Å². The van der Waals surface area contributed by atoms with Gasteiger partial charge in [0.25, 0.3) is 5.91 Å². The van der Waals surface area contributed by atoms with E-state index in [4.69, 9.17) is 0 Å². The van der Waals surface area contributed by atoms with Gasteiger partial charge in [-0.3, -0.25) is 14.3 Å². The second-order valence-electron chi connectivity index (χ2n) is 7.56. The molecule has 0 bridgehead atoms. The third-order valence-corrected chi connectivity index (χ3v) is 5.54. The van der Waals surface area contributed by atoms with E-state index in [0.717, 1.165) is 44.3 Å². The summed E-state index contributed by atoms with van der Waals surface area (Å²) in [5.41, 5.74) is 1.33. The number of aromatic nitrogens is 6. The standard InChI is InChI=1S/C17H22N8O2/c26-16(18-11-4-5-11)14-9-12-10-23(7-8-24(12)20-14)17(27)13-3-1-2-6-25-15(13)19-21-22-25/h9,11,13H,1-8,10H2,(H,18,26)/t13-/m1/s1. The number of hydrogen-bond donors (Lipinski definition) is 1. The van der Waals surface area contributed by atoms with Crippen molar-refractivity contribution in [1.29, 1.82) is 0 Å². The van der Waals surface area contributed by atoms with E-state index < -0.39 is 0 Å². The first kappa shape index (κ1) is 16.4. The second kappa shape index (κ2) is 6.43. The summed E-state index contributed by atoms with van der Waals surface area (Å²) in [6, 6.07) is 2.10. The first-order valence-electron chi connectivity index (χ1n) is 9.61. The SMILES string of the molecule is O=C(NC1CC1)c1cc2n(n1)CCN(C(=O)[C@@H]1CCCCn3nnnc31)C2. The Bertz CT molecular complexity index is 883. The average Bonchev–Trinajstić information content (AvgIpc) is 3.26. The quantitative estimate of drug-likeness (QED) is 0.819. The maximum Gasteiger partial charge on any atom is 0.272 e. The molecule has 27 heavy (non-hydrogen) atoms. The minimum atomic E-state index is -0.297. The van der Waals surface area contributed by atoms with Crippen LogP contribution in [0.15, 0.2) is 6.07 Å². The molecule has 0 unspecified atom stereocenters. The van der Waals surface area contributed by atoms with Gasteiger partial charge in [-0.25, -0.2) is 4.68 Å². The summed E-state index contributed by atoms with van der Waals surface area (Å²) in [6.07, 6.45) is 4.81. The maximum atomic E-state index is 13.2. The van der Waals surface area contributed by atoms with Crippen LogP contribution in [0, 0.1) is 0 Å². The van der Waals surface area contributed by atoms with Gasteiger partial charge in [0, 0.05) is 19.1 Å². The van der Waals surface area contributed by atoms with Gasteiger partial charge in [0.15, 0.2) is 11.5 Å². The van der Waals surface area contributed by atoms with E-state index in [1.807, 2.05) is 9.58 Å². The normalized spacial score (nSPS) is 21.9. The van der Waals surface area contributed by atoms with Crippen molar-refractivity contribution < 1.29 is 9.59 Å². The van der Waals surface area contributed by atoms with Crippen molar-refractivity contribution >= 4 is 11.8 Å². The van der Waals surface area contributed by atoms with Crippen molar-refractivity contribution in [3.63, 3.8) is 0 Å². The molecule has 0 aromatic carbocycles. The van der Waals surface area contributed by atoms with Gasteiger partial charge in [0.05, 0.1) is 24.7 Å². The number of carbonyl (C=O) groups is 2. The van der Waals surface area contributed by atoms with Crippen LogP contribution in [0.25, 0.3) is 0 Å². The molecule has 2 aliphatic heterocycles. The van der Waals surface area contributed by atoms with Gasteiger partial charge in [0.1, 0.15) is 0 Å². The van der Waals surface area contributed by atoms with E-state index in [0.29, 0.717) is 37.2 Å². The van der Waals surface area contributed by atoms with Gasteiger partial charge in [0.2, 0.25) is 5.91 Å². The fraction of sp³-hybridized carbons (Fsp3) is 0.647. The fourth-order valence-electron chi connectivity index (χ4n) is 3.87. The molecule has 10 nitrogen and oxygen atoms in total. The first-order chi connectivity index (χ1) is 13.2. The van der Waals surface area contributed by atoms with Crippen molar-refractivity contribution in [2.75, 3.05) is 6.54 Å². The van der Waals surface area contributed by atoms with Crippen LogP contribution in [0.2, 0.25) is 0 Å². The predicted molar refractivity (Wildman–Crippen MR) is 92.5 cm³/mol. The number of hydrogen-bond acceptors (Lipinski definition) is 6. The van der Waals surface area contributed by atoms with Gasteiger partial charge < -0.3 is 10.2 Å². The fourth-order valence-corrected chi connectivity index (χ4v) is 3.87. The number of nitrogens with zero attached hydrogens (tertiary/aromatic N) is 7. The number of amides is 2. The number of carbonyl (C=O) groups excluding carboxylic acids is 2. The lowest BCUT2D eigenvalue weighted by molar-refractivity contribution is -0.134. The van der Waals surface area contributed by atoms with Gasteiger partial charge in [-0.1, -0.05) is 6.42 Å². The van der Waals surface area contributed by atoms with Gasteiger partial charge in [-0.2, -0.15) is 5.10 Å². The zero-order valence-corrected chi connectivity index (χ0v) is 15.0. The Balaban J connectivity index is 1.32. The summed E-state index contributed by atoms with van der Waals surface area (Å²) in [5, 5.41) is 19.2. The number of rotatable bonds is 3. The van der Waals surface area contributed by atoms with Crippen LogP contribution >= 0.6 is 0 Å². The molecule has 2 aromatic heterocycles. The zero-order chi connectivity index (χ0) is 18.4. The third kappa shape index (κ3) is 3.08. The first-order valence-corrected chi connectivity index (χ1v) is 9.61. The van der Waals surface area contributed by atoms with Crippen molar-refractivity contribution in [2.24, 2.45) is 0 Å². The maximum absolute atomic E-state index is 13.2. The minimum absolute atomic E-state index is 0.0596. The molecule has 3 aliphatic rings. The van der Waals surface area contributed by atoms with Crippen molar-refractivity contribution in [1.82, 2.24) is 40.2 Å². The Kier molecular flexibility index (Phi) is 3.91. The number of aryl methyl sites for hydroxylation is 1. The molecule has 1 N–H and O–H groups in total. The van der Waals surface area contributed by atoms with E-state index in [2.05, 4.69) is 25.9 Å². The molecule has 10 heteroatoms. The minimum Gasteiger partial charge on any atom is -0.348 e. The smallest absolute Gasteiger partial charge is 0.272 e. The van der Waals surface area contributed by atoms with E-state index in [9.17, 15) is 9.59 Å². The molecule has 1 fully saturated rings. The summed E-state index contributed by atoms with van der Waals surface area (Å²) in [7, 11) is 0. The van der Waals surface area contributed by atoms with Crippen molar-refractivity contribution in [3.8, 4) is 0 Å². The molecule has 5 rings (SSSR count). The second-order valence-corrected chi connectivity index (χ2v) is 7.56. The zero-order valence-electron chi connectivity index (χ0n) is 15.0. The van der Waals surface area contributed by atoms with Crippen LogP contribution in [0.3, 0.4) is 0 Å². The van der Waals surface area contributed by atoms with Crippen molar-refractivity contribution in [3.05, 3.63) is 23.3 Å². The lowest BCUT2D eigenvalue weighted by Gasteiger charge is -2.30. The molecule has 0 radical (unpaired) electrons. The molecule has 0 saturated heterocycles. The molecule has 4 heterocycles. The van der Waals surface area contributed by atoms with Gasteiger partial charge in [-0.05, 0) is 42.2 Å². The number of nitrogens with one attached hydrogen (secondary N) is 1. The van der Waals surface area contributed by atoms with Crippen molar-refractivity contribution in [2.45, 2.75) is 63.7 Å². The molecule has 2 aromatic rings. The summed E-state index contributed by atoms with van der Waals surface area (Å²) in [4.78, 5) is 27.2. The highest BCUT2D eigenvalue weighted by atomic mass is 16.2. The largest absolute Gasteiger partial charge is 0.348 e. The van der Waals surface area contributed by atoms with Crippen LogP contribution in [0.4, 0.5) is 0 Å². The lowest BCUT2D eigenvalue weighted by atomic mass is 10.0. The highest BCUT2D eigenvalue weighted by Gasteiger charge is 2.34. The Morgan fingerprint density at radius 2 is 1.96 bits per heavy atom. The van der Waals surface area contributed by atoms with E-state index in [1.54, 1.807) is 10.7 Å². The van der Waals surface area contributed by atoms with E-state index >= 15 is 0 Å². The number of fused-ring (bicyclic) bond motifs is 2. The highest BCUT2D eigenvalue weighted by Crippen LogP contribution is 2.28. The lowest BCUT2D eigenvalue weighted by Crippen LogP contribution is -2.41. The van der Waals surface area contributed by atoms with Crippen LogP contribution in [0.5, 0.6) is 0 Å². The molecule has 1 aliphatic carbocycles. The predicted octanol–water partition coefficient (Wildman–Crippen LogP) is 0.0717.